The smallest absolute Gasteiger partial charge is 0.250 e. The molecule has 0 aromatic heterocycles. The Bertz CT molecular complexity index is 901. The first-order valence-electron chi connectivity index (χ1n) is 8.52. The summed E-state index contributed by atoms with van der Waals surface area (Å²) >= 11 is 0. The highest BCUT2D eigenvalue weighted by molar-refractivity contribution is 7.87. The Balaban J connectivity index is 1.99. The third-order valence-electron chi connectivity index (χ3n) is 4.16. The van der Waals surface area contributed by atoms with Crippen LogP contribution < -0.4 is 0 Å². The van der Waals surface area contributed by atoms with Crippen molar-refractivity contribution in [3.8, 4) is 11.1 Å². The van der Waals surface area contributed by atoms with Crippen LogP contribution in [0.4, 0.5) is 26.3 Å². The Labute approximate surface area is 164 Å². The van der Waals surface area contributed by atoms with E-state index >= 15 is 0 Å². The molecule has 2 rings (SSSR count). The summed E-state index contributed by atoms with van der Waals surface area (Å²) in [6.07, 6.45) is -9.30. The van der Waals surface area contributed by atoms with Crippen LogP contribution >= 0.6 is 0 Å². The number of rotatable bonds is 7. The van der Waals surface area contributed by atoms with E-state index in [1.165, 1.54) is 0 Å². The van der Waals surface area contributed by atoms with E-state index in [4.69, 9.17) is 0 Å². The second-order valence-corrected chi connectivity index (χ2v) is 8.05. The molecule has 10 heteroatoms. The van der Waals surface area contributed by atoms with Crippen molar-refractivity contribution in [3.05, 3.63) is 59.7 Å². The first kappa shape index (κ1) is 23.2. The third-order valence-corrected chi connectivity index (χ3v) is 5.21. The van der Waals surface area contributed by atoms with Crippen molar-refractivity contribution in [2.24, 2.45) is 0 Å². The molecule has 1 unspecified atom stereocenters. The molecular formula is C19H18F6O3S. The van der Waals surface area contributed by atoms with Crippen LogP contribution in [0.5, 0.6) is 0 Å². The molecular weight excluding hydrogens is 422 g/mol. The summed E-state index contributed by atoms with van der Waals surface area (Å²) < 4.78 is 101. The van der Waals surface area contributed by atoms with Crippen molar-refractivity contribution < 1.29 is 38.9 Å². The fourth-order valence-electron chi connectivity index (χ4n) is 2.58. The van der Waals surface area contributed by atoms with Crippen LogP contribution in [0, 0.1) is 6.92 Å². The molecule has 0 N–H and O–H groups in total. The van der Waals surface area contributed by atoms with Gasteiger partial charge >= 0.3 is 21.8 Å². The van der Waals surface area contributed by atoms with Gasteiger partial charge in [0, 0.05) is 0 Å². The predicted molar refractivity (Wildman–Crippen MR) is 95.5 cm³/mol. The maximum absolute atomic E-state index is 12.9. The molecule has 0 aliphatic rings. The monoisotopic (exact) mass is 440 g/mol. The highest BCUT2D eigenvalue weighted by Gasteiger charge is 2.53. The van der Waals surface area contributed by atoms with Gasteiger partial charge in [-0.2, -0.15) is 34.8 Å². The Kier molecular flexibility index (Phi) is 7.00. The Morgan fingerprint density at radius 3 is 1.79 bits per heavy atom. The van der Waals surface area contributed by atoms with Gasteiger partial charge in [0.25, 0.3) is 0 Å². The lowest BCUT2D eigenvalue weighted by atomic mass is 10.0. The molecule has 0 amide bonds. The van der Waals surface area contributed by atoms with Crippen LogP contribution in [0.1, 0.15) is 24.0 Å². The van der Waals surface area contributed by atoms with Crippen molar-refractivity contribution in [2.45, 2.75) is 44.0 Å². The van der Waals surface area contributed by atoms with Crippen LogP contribution in [0.25, 0.3) is 11.1 Å². The summed E-state index contributed by atoms with van der Waals surface area (Å²) in [5.41, 5.74) is -2.28. The fraction of sp³-hybridized carbons (Fsp3) is 0.368. The van der Waals surface area contributed by atoms with Crippen molar-refractivity contribution >= 4 is 10.1 Å². The van der Waals surface area contributed by atoms with Gasteiger partial charge in [-0.1, -0.05) is 54.1 Å². The molecule has 1 atom stereocenters. The van der Waals surface area contributed by atoms with E-state index in [1.807, 2.05) is 31.2 Å². The first-order valence-corrected chi connectivity index (χ1v) is 9.93. The second-order valence-electron chi connectivity index (χ2n) is 6.48. The maximum atomic E-state index is 12.9. The summed E-state index contributed by atoms with van der Waals surface area (Å²) in [4.78, 5) is 0. The van der Waals surface area contributed by atoms with E-state index in [-0.39, 0.29) is 12.8 Å². The van der Waals surface area contributed by atoms with E-state index in [9.17, 15) is 34.8 Å². The summed E-state index contributed by atoms with van der Waals surface area (Å²) in [7, 11) is -6.33. The molecule has 2 aromatic carbocycles. The van der Waals surface area contributed by atoms with Gasteiger partial charge in [0.1, 0.15) is 0 Å². The van der Waals surface area contributed by atoms with Crippen molar-refractivity contribution in [1.29, 1.82) is 0 Å². The molecule has 160 valence electrons. The first-order chi connectivity index (χ1) is 13.3. The Morgan fingerprint density at radius 1 is 0.862 bits per heavy atom. The van der Waals surface area contributed by atoms with Gasteiger partial charge in [0.15, 0.2) is 6.10 Å². The zero-order chi connectivity index (χ0) is 21.9. The molecule has 0 saturated carbocycles. The topological polar surface area (TPSA) is 43.4 Å². The molecule has 0 radical (unpaired) electrons. The highest BCUT2D eigenvalue weighted by atomic mass is 32.2. The SMILES string of the molecule is Cc1ccc(-c2ccc(CCCC(OS(=O)(=O)C(F)(F)F)C(F)(F)F)cc2)cc1. The molecule has 0 bridgehead atoms. The van der Waals surface area contributed by atoms with Crippen LogP contribution in [0.3, 0.4) is 0 Å². The quantitative estimate of drug-likeness (QED) is 0.311. The Morgan fingerprint density at radius 2 is 1.34 bits per heavy atom. The van der Waals surface area contributed by atoms with Gasteiger partial charge in [-0.05, 0) is 42.9 Å². The van der Waals surface area contributed by atoms with Crippen LogP contribution in [0.15, 0.2) is 48.5 Å². The lowest BCUT2D eigenvalue weighted by Gasteiger charge is -2.21. The largest absolute Gasteiger partial charge is 0.523 e. The average molecular weight is 440 g/mol. The lowest BCUT2D eigenvalue weighted by Crippen LogP contribution is -2.38. The summed E-state index contributed by atoms with van der Waals surface area (Å²) in [6, 6.07) is 14.7. The summed E-state index contributed by atoms with van der Waals surface area (Å²) in [6.45, 7) is 1.95. The van der Waals surface area contributed by atoms with Gasteiger partial charge in [-0.15, -0.1) is 0 Å². The summed E-state index contributed by atoms with van der Waals surface area (Å²) in [5, 5.41) is 0. The molecule has 0 spiro atoms. The van der Waals surface area contributed by atoms with E-state index in [0.29, 0.717) is 5.56 Å². The number of benzene rings is 2. The molecule has 0 heterocycles. The number of halogens is 6. The van der Waals surface area contributed by atoms with E-state index in [2.05, 4.69) is 4.18 Å². The molecule has 3 nitrogen and oxygen atoms in total. The number of hydrogen-bond acceptors (Lipinski definition) is 3. The van der Waals surface area contributed by atoms with Crippen LogP contribution in [-0.2, 0) is 20.7 Å². The minimum atomic E-state index is -6.33. The zero-order valence-corrected chi connectivity index (χ0v) is 16.0. The number of alkyl halides is 6. The third kappa shape index (κ3) is 6.46. The molecule has 29 heavy (non-hydrogen) atoms. The predicted octanol–water partition coefficient (Wildman–Crippen LogP) is 5.78. The van der Waals surface area contributed by atoms with Crippen molar-refractivity contribution in [1.82, 2.24) is 0 Å². The molecule has 0 fully saturated rings. The maximum Gasteiger partial charge on any atom is 0.523 e. The minimum absolute atomic E-state index is 0.121. The normalized spacial score (nSPS) is 14.0. The summed E-state index contributed by atoms with van der Waals surface area (Å²) in [5.74, 6) is 0. The van der Waals surface area contributed by atoms with Gasteiger partial charge in [0.05, 0.1) is 0 Å². The van der Waals surface area contributed by atoms with E-state index < -0.39 is 34.3 Å². The van der Waals surface area contributed by atoms with E-state index in [1.54, 1.807) is 24.3 Å². The Hall–Kier alpha value is -2.07. The van der Waals surface area contributed by atoms with Crippen molar-refractivity contribution in [2.75, 3.05) is 0 Å². The highest BCUT2D eigenvalue weighted by Crippen LogP contribution is 2.33. The average Bonchev–Trinajstić information content (AvgIpc) is 2.60. The molecule has 0 aliphatic carbocycles. The van der Waals surface area contributed by atoms with Crippen LogP contribution in [0.2, 0.25) is 0 Å². The second kappa shape index (κ2) is 8.74. The van der Waals surface area contributed by atoms with Gasteiger partial charge in [0.2, 0.25) is 0 Å². The molecule has 0 saturated heterocycles. The van der Waals surface area contributed by atoms with Crippen LogP contribution in [-0.4, -0.2) is 26.2 Å². The molecule has 0 aliphatic heterocycles. The minimum Gasteiger partial charge on any atom is -0.250 e. The van der Waals surface area contributed by atoms with Gasteiger partial charge in [-0.25, -0.2) is 0 Å². The van der Waals surface area contributed by atoms with Gasteiger partial charge < -0.3 is 0 Å². The lowest BCUT2D eigenvalue weighted by molar-refractivity contribution is -0.199. The van der Waals surface area contributed by atoms with Crippen molar-refractivity contribution in [3.63, 3.8) is 0 Å². The van der Waals surface area contributed by atoms with E-state index in [0.717, 1.165) is 16.7 Å². The fourth-order valence-corrected chi connectivity index (χ4v) is 3.20. The molecule has 2 aromatic rings. The number of hydrogen-bond donors (Lipinski definition) is 0. The zero-order valence-electron chi connectivity index (χ0n) is 15.2. The van der Waals surface area contributed by atoms with Gasteiger partial charge in [-0.3, -0.25) is 4.18 Å². The standard InChI is InChI=1S/C19H18F6O3S/c1-13-5-9-15(10-6-13)16-11-7-14(8-12-16)3-2-4-17(18(20,21)22)28-29(26,27)19(23,24)25/h5-12,17H,2-4H2,1H3. The number of aryl methyl sites for hydroxylation is 2.